The van der Waals surface area contributed by atoms with E-state index in [1.807, 2.05) is 11.7 Å². The van der Waals surface area contributed by atoms with E-state index in [1.54, 1.807) is 0 Å². The van der Waals surface area contributed by atoms with Crippen LogP contribution in [0.2, 0.25) is 0 Å². The molecule has 0 aromatic carbocycles. The van der Waals surface area contributed by atoms with Crippen molar-refractivity contribution in [3.8, 4) is 0 Å². The van der Waals surface area contributed by atoms with E-state index in [-0.39, 0.29) is 5.92 Å². The van der Waals surface area contributed by atoms with E-state index in [1.165, 1.54) is 5.69 Å². The van der Waals surface area contributed by atoms with Crippen LogP contribution in [-0.2, 0) is 20.0 Å². The van der Waals surface area contributed by atoms with Gasteiger partial charge in [-0.25, -0.2) is 0 Å². The summed E-state index contributed by atoms with van der Waals surface area (Å²) in [6.07, 6.45) is 0.973. The van der Waals surface area contributed by atoms with Gasteiger partial charge in [-0.15, -0.1) is 0 Å². The van der Waals surface area contributed by atoms with Crippen molar-refractivity contribution < 1.29 is 0 Å². The van der Waals surface area contributed by atoms with Crippen molar-refractivity contribution in [2.24, 2.45) is 18.7 Å². The molecule has 96 valence electrons. The molecule has 0 bridgehead atoms. The largest absolute Gasteiger partial charge is 0.393 e. The van der Waals surface area contributed by atoms with Crippen LogP contribution in [0.15, 0.2) is 6.07 Å². The summed E-state index contributed by atoms with van der Waals surface area (Å²) in [6.45, 7) is 5.92. The first-order valence-corrected chi connectivity index (χ1v) is 6.34. The van der Waals surface area contributed by atoms with E-state index in [0.717, 1.165) is 25.2 Å². The summed E-state index contributed by atoms with van der Waals surface area (Å²) in [5.41, 5.74) is 7.98. The Balaban J connectivity index is 2.58. The summed E-state index contributed by atoms with van der Waals surface area (Å²) >= 11 is 4.98. The van der Waals surface area contributed by atoms with Crippen LogP contribution in [-0.4, -0.2) is 33.3 Å². The van der Waals surface area contributed by atoms with Crippen molar-refractivity contribution in [3.05, 3.63) is 17.5 Å². The molecule has 1 rings (SSSR count). The monoisotopic (exact) mass is 254 g/mol. The number of nitrogens with zero attached hydrogens (tertiary/aromatic N) is 3. The number of thiocarbonyl (C=S) groups is 1. The third-order valence-electron chi connectivity index (χ3n) is 2.89. The first kappa shape index (κ1) is 14.1. The SMILES string of the molecule is CCc1cc(CN(C)CC(C)C(N)=S)n(C)n1. The average molecular weight is 254 g/mol. The summed E-state index contributed by atoms with van der Waals surface area (Å²) < 4.78 is 1.95. The molecular formula is C12H22N4S. The van der Waals surface area contributed by atoms with Gasteiger partial charge in [0.1, 0.15) is 0 Å². The molecule has 0 amide bonds. The Bertz CT molecular complexity index is 386. The van der Waals surface area contributed by atoms with Crippen LogP contribution in [0.5, 0.6) is 0 Å². The van der Waals surface area contributed by atoms with Crippen molar-refractivity contribution in [1.29, 1.82) is 0 Å². The van der Waals surface area contributed by atoms with Crippen molar-refractivity contribution >= 4 is 17.2 Å². The Hall–Kier alpha value is -0.940. The fourth-order valence-electron chi connectivity index (χ4n) is 1.79. The molecule has 0 saturated carbocycles. The third-order valence-corrected chi connectivity index (χ3v) is 3.30. The summed E-state index contributed by atoms with van der Waals surface area (Å²) in [5.74, 6) is 0.244. The maximum Gasteiger partial charge on any atom is 0.0768 e. The lowest BCUT2D eigenvalue weighted by atomic mass is 10.1. The highest BCUT2D eigenvalue weighted by atomic mass is 32.1. The van der Waals surface area contributed by atoms with E-state index < -0.39 is 0 Å². The average Bonchev–Trinajstić information content (AvgIpc) is 2.59. The van der Waals surface area contributed by atoms with Gasteiger partial charge in [-0.3, -0.25) is 9.58 Å². The fourth-order valence-corrected chi connectivity index (χ4v) is 1.87. The van der Waals surface area contributed by atoms with Crippen LogP contribution in [0, 0.1) is 5.92 Å². The molecule has 0 fully saturated rings. The molecule has 0 aliphatic rings. The van der Waals surface area contributed by atoms with Crippen LogP contribution in [0.1, 0.15) is 25.2 Å². The summed E-state index contributed by atoms with van der Waals surface area (Å²) in [5, 5.41) is 4.44. The third kappa shape index (κ3) is 4.09. The minimum atomic E-state index is 0.244. The fraction of sp³-hybridized carbons (Fsp3) is 0.667. The lowest BCUT2D eigenvalue weighted by Gasteiger charge is -2.20. The van der Waals surface area contributed by atoms with Crippen LogP contribution >= 0.6 is 12.2 Å². The highest BCUT2D eigenvalue weighted by molar-refractivity contribution is 7.80. The van der Waals surface area contributed by atoms with Gasteiger partial charge in [0.15, 0.2) is 0 Å². The summed E-state index contributed by atoms with van der Waals surface area (Å²) in [4.78, 5) is 2.80. The molecule has 1 aromatic heterocycles. The van der Waals surface area contributed by atoms with Gasteiger partial charge in [-0.05, 0) is 19.5 Å². The molecule has 1 atom stereocenters. The highest BCUT2D eigenvalue weighted by Crippen LogP contribution is 2.08. The Morgan fingerprint density at radius 1 is 1.65 bits per heavy atom. The number of hydrogen-bond acceptors (Lipinski definition) is 3. The Labute approximate surface area is 109 Å². The Morgan fingerprint density at radius 2 is 2.29 bits per heavy atom. The number of hydrogen-bond donors (Lipinski definition) is 1. The Morgan fingerprint density at radius 3 is 2.76 bits per heavy atom. The molecule has 4 nitrogen and oxygen atoms in total. The summed E-state index contributed by atoms with van der Waals surface area (Å²) in [6, 6.07) is 2.15. The predicted octanol–water partition coefficient (Wildman–Crippen LogP) is 1.34. The van der Waals surface area contributed by atoms with E-state index in [0.29, 0.717) is 4.99 Å². The van der Waals surface area contributed by atoms with Gasteiger partial charge in [0, 0.05) is 26.1 Å². The molecule has 0 saturated heterocycles. The predicted molar refractivity (Wildman–Crippen MR) is 74.9 cm³/mol. The van der Waals surface area contributed by atoms with Crippen molar-refractivity contribution in [2.45, 2.75) is 26.8 Å². The number of aromatic nitrogens is 2. The van der Waals surface area contributed by atoms with Crippen LogP contribution in [0.3, 0.4) is 0 Å². The van der Waals surface area contributed by atoms with Crippen molar-refractivity contribution in [1.82, 2.24) is 14.7 Å². The van der Waals surface area contributed by atoms with Gasteiger partial charge in [0.25, 0.3) is 0 Å². The van der Waals surface area contributed by atoms with Crippen LogP contribution < -0.4 is 5.73 Å². The normalized spacial score (nSPS) is 13.0. The van der Waals surface area contributed by atoms with E-state index in [4.69, 9.17) is 18.0 Å². The topological polar surface area (TPSA) is 47.1 Å². The van der Waals surface area contributed by atoms with Gasteiger partial charge in [0.05, 0.1) is 16.4 Å². The Kier molecular flexibility index (Phi) is 5.08. The van der Waals surface area contributed by atoms with Gasteiger partial charge in [-0.2, -0.15) is 5.10 Å². The molecular weight excluding hydrogens is 232 g/mol. The van der Waals surface area contributed by atoms with Crippen LogP contribution in [0.4, 0.5) is 0 Å². The molecule has 0 radical (unpaired) electrons. The smallest absolute Gasteiger partial charge is 0.0768 e. The maximum absolute atomic E-state index is 5.62. The van der Waals surface area contributed by atoms with Crippen molar-refractivity contribution in [2.75, 3.05) is 13.6 Å². The first-order chi connectivity index (χ1) is 7.93. The molecule has 5 heteroatoms. The van der Waals surface area contributed by atoms with E-state index in [2.05, 4.69) is 37.0 Å². The van der Waals surface area contributed by atoms with E-state index in [9.17, 15) is 0 Å². The molecule has 0 spiro atoms. The second-order valence-electron chi connectivity index (χ2n) is 4.60. The molecule has 1 unspecified atom stereocenters. The molecule has 1 aromatic rings. The zero-order valence-electron chi connectivity index (χ0n) is 11.1. The molecule has 0 aliphatic heterocycles. The minimum Gasteiger partial charge on any atom is -0.393 e. The quantitative estimate of drug-likeness (QED) is 0.778. The zero-order valence-corrected chi connectivity index (χ0v) is 11.9. The van der Waals surface area contributed by atoms with Crippen molar-refractivity contribution in [3.63, 3.8) is 0 Å². The number of nitrogens with two attached hydrogens (primary N) is 1. The molecule has 1 heterocycles. The second-order valence-corrected chi connectivity index (χ2v) is 5.08. The molecule has 0 aliphatic carbocycles. The van der Waals surface area contributed by atoms with Gasteiger partial charge in [-0.1, -0.05) is 26.1 Å². The first-order valence-electron chi connectivity index (χ1n) is 5.93. The minimum absolute atomic E-state index is 0.244. The van der Waals surface area contributed by atoms with E-state index >= 15 is 0 Å². The lowest BCUT2D eigenvalue weighted by molar-refractivity contribution is 0.299. The summed E-state index contributed by atoms with van der Waals surface area (Å²) in [7, 11) is 4.06. The van der Waals surface area contributed by atoms with Gasteiger partial charge >= 0.3 is 0 Å². The standard InChI is InChI=1S/C12H22N4S/c1-5-10-6-11(16(4)14-10)8-15(3)7-9(2)12(13)17/h6,9H,5,7-8H2,1-4H3,(H2,13,17). The second kappa shape index (κ2) is 6.12. The van der Waals surface area contributed by atoms with Crippen LogP contribution in [0.25, 0.3) is 0 Å². The highest BCUT2D eigenvalue weighted by Gasteiger charge is 2.11. The zero-order chi connectivity index (χ0) is 13.0. The van der Waals surface area contributed by atoms with Gasteiger partial charge < -0.3 is 5.73 Å². The number of aryl methyl sites for hydroxylation is 2. The van der Waals surface area contributed by atoms with Gasteiger partial charge in [0.2, 0.25) is 0 Å². The molecule has 2 N–H and O–H groups in total. The lowest BCUT2D eigenvalue weighted by Crippen LogP contribution is -2.31. The maximum atomic E-state index is 5.62. The molecule has 17 heavy (non-hydrogen) atoms. The number of rotatable bonds is 6.